The van der Waals surface area contributed by atoms with E-state index in [1.165, 1.54) is 12.1 Å². The average Bonchev–Trinajstić information content (AvgIpc) is 2.13. The fraction of sp³-hybridized carbons (Fsp3) is 0.571. The SMILES string of the molecule is CC1CC(C)CC(O)(c2ccc(F)cc2F)C1. The zero-order valence-electron chi connectivity index (χ0n) is 10.2. The standard InChI is InChI=1S/C14H18F2O/c1-9-5-10(2)8-14(17,7-9)12-4-3-11(15)6-13(12)16/h3-4,6,9-10,17H,5,7-8H2,1-2H3. The predicted molar refractivity (Wildman–Crippen MR) is 62.4 cm³/mol. The lowest BCUT2D eigenvalue weighted by Crippen LogP contribution is -2.36. The summed E-state index contributed by atoms with van der Waals surface area (Å²) in [6.07, 6.45) is 2.13. The molecule has 1 fully saturated rings. The third kappa shape index (κ3) is 2.49. The van der Waals surface area contributed by atoms with Gasteiger partial charge in [-0.25, -0.2) is 8.78 Å². The minimum absolute atomic E-state index is 0.234. The Morgan fingerprint density at radius 3 is 2.29 bits per heavy atom. The van der Waals surface area contributed by atoms with Gasteiger partial charge >= 0.3 is 0 Å². The Morgan fingerprint density at radius 1 is 1.18 bits per heavy atom. The molecule has 0 spiro atoms. The number of rotatable bonds is 1. The Hall–Kier alpha value is -0.960. The second-order valence-electron chi connectivity index (χ2n) is 5.51. The van der Waals surface area contributed by atoms with Gasteiger partial charge in [-0.1, -0.05) is 19.9 Å². The first-order valence-electron chi connectivity index (χ1n) is 6.08. The van der Waals surface area contributed by atoms with Crippen LogP contribution in [0.2, 0.25) is 0 Å². The number of benzene rings is 1. The largest absolute Gasteiger partial charge is 0.385 e. The third-order valence-electron chi connectivity index (χ3n) is 3.61. The summed E-state index contributed by atoms with van der Waals surface area (Å²) in [5.74, 6) is -0.540. The van der Waals surface area contributed by atoms with Gasteiger partial charge < -0.3 is 5.11 Å². The summed E-state index contributed by atoms with van der Waals surface area (Å²) in [5, 5.41) is 10.6. The van der Waals surface area contributed by atoms with Crippen LogP contribution in [-0.4, -0.2) is 5.11 Å². The molecule has 3 heteroatoms. The fourth-order valence-corrected chi connectivity index (χ4v) is 3.18. The number of aliphatic hydroxyl groups is 1. The Balaban J connectivity index is 2.36. The Morgan fingerprint density at radius 2 is 1.76 bits per heavy atom. The molecule has 1 aliphatic carbocycles. The maximum absolute atomic E-state index is 13.7. The van der Waals surface area contributed by atoms with E-state index in [0.717, 1.165) is 12.5 Å². The van der Waals surface area contributed by atoms with Gasteiger partial charge in [-0.15, -0.1) is 0 Å². The van der Waals surface area contributed by atoms with Gasteiger partial charge in [-0.3, -0.25) is 0 Å². The number of hydrogen-bond acceptors (Lipinski definition) is 1. The van der Waals surface area contributed by atoms with Crippen molar-refractivity contribution in [2.45, 2.75) is 38.7 Å². The van der Waals surface area contributed by atoms with Gasteiger partial charge in [0.15, 0.2) is 0 Å². The molecule has 1 nitrogen and oxygen atoms in total. The van der Waals surface area contributed by atoms with E-state index in [4.69, 9.17) is 0 Å². The molecule has 17 heavy (non-hydrogen) atoms. The van der Waals surface area contributed by atoms with Crippen molar-refractivity contribution in [3.63, 3.8) is 0 Å². The highest BCUT2D eigenvalue weighted by molar-refractivity contribution is 5.26. The number of hydrogen-bond donors (Lipinski definition) is 1. The molecule has 0 amide bonds. The molecular weight excluding hydrogens is 222 g/mol. The summed E-state index contributed by atoms with van der Waals surface area (Å²) < 4.78 is 26.6. The van der Waals surface area contributed by atoms with Crippen LogP contribution in [0, 0.1) is 23.5 Å². The highest BCUT2D eigenvalue weighted by Crippen LogP contribution is 2.43. The molecule has 0 bridgehead atoms. The smallest absolute Gasteiger partial charge is 0.132 e. The van der Waals surface area contributed by atoms with Crippen LogP contribution in [-0.2, 0) is 5.60 Å². The third-order valence-corrected chi connectivity index (χ3v) is 3.61. The van der Waals surface area contributed by atoms with Crippen LogP contribution in [0.4, 0.5) is 8.78 Å². The molecule has 1 aromatic carbocycles. The molecule has 0 saturated heterocycles. The van der Waals surface area contributed by atoms with Gasteiger partial charge in [-0.2, -0.15) is 0 Å². The average molecular weight is 240 g/mol. The number of halogens is 2. The van der Waals surface area contributed by atoms with E-state index in [2.05, 4.69) is 13.8 Å². The summed E-state index contributed by atoms with van der Waals surface area (Å²) in [6.45, 7) is 4.12. The van der Waals surface area contributed by atoms with Crippen LogP contribution in [0.1, 0.15) is 38.7 Å². The van der Waals surface area contributed by atoms with Crippen molar-refractivity contribution in [3.05, 3.63) is 35.4 Å². The lowest BCUT2D eigenvalue weighted by Gasteiger charge is -2.39. The second kappa shape index (κ2) is 4.37. The van der Waals surface area contributed by atoms with E-state index in [1.807, 2.05) is 0 Å². The first-order chi connectivity index (χ1) is 7.90. The molecule has 1 aromatic rings. The molecular formula is C14H18F2O. The van der Waals surface area contributed by atoms with E-state index in [0.29, 0.717) is 24.7 Å². The lowest BCUT2D eigenvalue weighted by atomic mass is 9.70. The highest BCUT2D eigenvalue weighted by atomic mass is 19.1. The highest BCUT2D eigenvalue weighted by Gasteiger charge is 2.39. The zero-order valence-corrected chi connectivity index (χ0v) is 10.2. The molecule has 1 aliphatic rings. The minimum atomic E-state index is -1.14. The van der Waals surface area contributed by atoms with Crippen LogP contribution >= 0.6 is 0 Å². The fourth-order valence-electron chi connectivity index (χ4n) is 3.18. The van der Waals surface area contributed by atoms with Crippen LogP contribution in [0.3, 0.4) is 0 Å². The van der Waals surface area contributed by atoms with Gasteiger partial charge in [0, 0.05) is 11.6 Å². The van der Waals surface area contributed by atoms with Gasteiger partial charge in [0.1, 0.15) is 11.6 Å². The van der Waals surface area contributed by atoms with E-state index in [1.54, 1.807) is 0 Å². The predicted octanol–water partition coefficient (Wildman–Crippen LogP) is 3.61. The van der Waals surface area contributed by atoms with Crippen LogP contribution < -0.4 is 0 Å². The topological polar surface area (TPSA) is 20.2 Å². The Bertz CT molecular complexity index is 407. The monoisotopic (exact) mass is 240 g/mol. The first-order valence-corrected chi connectivity index (χ1v) is 6.08. The zero-order chi connectivity index (χ0) is 12.6. The molecule has 2 unspecified atom stereocenters. The molecule has 2 atom stereocenters. The van der Waals surface area contributed by atoms with Crippen molar-refractivity contribution in [1.82, 2.24) is 0 Å². The molecule has 0 radical (unpaired) electrons. The molecule has 0 aromatic heterocycles. The Kier molecular flexibility index (Phi) is 3.21. The van der Waals surface area contributed by atoms with E-state index in [-0.39, 0.29) is 5.56 Å². The van der Waals surface area contributed by atoms with Crippen molar-refractivity contribution in [2.75, 3.05) is 0 Å². The molecule has 1 N–H and O–H groups in total. The molecule has 94 valence electrons. The summed E-state index contributed by atoms with van der Waals surface area (Å²) >= 11 is 0. The van der Waals surface area contributed by atoms with Gasteiger partial charge in [0.05, 0.1) is 5.60 Å². The first kappa shape index (κ1) is 12.5. The van der Waals surface area contributed by atoms with E-state index < -0.39 is 17.2 Å². The summed E-state index contributed by atoms with van der Waals surface area (Å²) in [6, 6.07) is 3.42. The second-order valence-corrected chi connectivity index (χ2v) is 5.51. The quantitative estimate of drug-likeness (QED) is 0.795. The van der Waals surface area contributed by atoms with Crippen LogP contribution in [0.5, 0.6) is 0 Å². The minimum Gasteiger partial charge on any atom is -0.385 e. The van der Waals surface area contributed by atoms with Crippen molar-refractivity contribution in [1.29, 1.82) is 0 Å². The molecule has 2 rings (SSSR count). The maximum atomic E-state index is 13.7. The molecule has 1 saturated carbocycles. The van der Waals surface area contributed by atoms with E-state index in [9.17, 15) is 13.9 Å². The van der Waals surface area contributed by atoms with Crippen LogP contribution in [0.25, 0.3) is 0 Å². The molecule has 0 aliphatic heterocycles. The van der Waals surface area contributed by atoms with Gasteiger partial charge in [0.25, 0.3) is 0 Å². The van der Waals surface area contributed by atoms with Crippen LogP contribution in [0.15, 0.2) is 18.2 Å². The van der Waals surface area contributed by atoms with Gasteiger partial charge in [0.2, 0.25) is 0 Å². The lowest BCUT2D eigenvalue weighted by molar-refractivity contribution is -0.0389. The van der Waals surface area contributed by atoms with E-state index >= 15 is 0 Å². The van der Waals surface area contributed by atoms with Crippen molar-refractivity contribution in [2.24, 2.45) is 11.8 Å². The summed E-state index contributed by atoms with van der Waals surface area (Å²) in [5.41, 5.74) is -0.910. The summed E-state index contributed by atoms with van der Waals surface area (Å²) in [7, 11) is 0. The molecule has 0 heterocycles. The van der Waals surface area contributed by atoms with Crippen molar-refractivity contribution in [3.8, 4) is 0 Å². The van der Waals surface area contributed by atoms with Crippen molar-refractivity contribution < 1.29 is 13.9 Å². The normalized spacial score (nSPS) is 33.7. The van der Waals surface area contributed by atoms with Gasteiger partial charge in [-0.05, 0) is 37.2 Å². The summed E-state index contributed by atoms with van der Waals surface area (Å²) in [4.78, 5) is 0. The maximum Gasteiger partial charge on any atom is 0.132 e. The van der Waals surface area contributed by atoms with Crippen molar-refractivity contribution >= 4 is 0 Å². The Labute approximate surface area is 100 Å².